The molecule has 0 fully saturated rings. The van der Waals surface area contributed by atoms with Crippen molar-refractivity contribution in [1.29, 1.82) is 0 Å². The topological polar surface area (TPSA) is 24.9 Å². The van der Waals surface area contributed by atoms with Gasteiger partial charge in [0.05, 0.1) is 5.69 Å². The second-order valence-corrected chi connectivity index (χ2v) is 7.18. The lowest BCUT2D eigenvalue weighted by atomic mass is 10.0. The number of hydrogen-bond donors (Lipinski definition) is 1. The van der Waals surface area contributed by atoms with Gasteiger partial charge >= 0.3 is 0 Å². The predicted molar refractivity (Wildman–Crippen MR) is 101 cm³/mol. The Morgan fingerprint density at radius 3 is 2.35 bits per heavy atom. The first-order valence-corrected chi connectivity index (χ1v) is 8.86. The smallest absolute Gasteiger partial charge is 0.187 e. The van der Waals surface area contributed by atoms with Crippen molar-refractivity contribution < 1.29 is 0 Å². The third kappa shape index (κ3) is 4.20. The maximum absolute atomic E-state index is 4.70. The van der Waals surface area contributed by atoms with Crippen molar-refractivity contribution in [1.82, 2.24) is 4.98 Å². The molecule has 0 radical (unpaired) electrons. The van der Waals surface area contributed by atoms with Crippen LogP contribution in [0.3, 0.4) is 0 Å². The summed E-state index contributed by atoms with van der Waals surface area (Å²) in [6, 6.07) is 17.1. The summed E-state index contributed by atoms with van der Waals surface area (Å²) >= 11 is 1.64. The molecule has 3 aromatic rings. The van der Waals surface area contributed by atoms with E-state index in [9.17, 15) is 0 Å². The molecule has 0 aliphatic rings. The number of hydrogen-bond acceptors (Lipinski definition) is 3. The maximum Gasteiger partial charge on any atom is 0.187 e. The van der Waals surface area contributed by atoms with Gasteiger partial charge in [0, 0.05) is 16.6 Å². The number of nitrogens with zero attached hydrogens (tertiary/aromatic N) is 1. The molecule has 3 heteroatoms. The lowest BCUT2D eigenvalue weighted by Gasteiger charge is -2.05. The molecule has 0 aliphatic carbocycles. The van der Waals surface area contributed by atoms with E-state index in [1.54, 1.807) is 11.3 Å². The van der Waals surface area contributed by atoms with Crippen molar-refractivity contribution >= 4 is 22.2 Å². The van der Waals surface area contributed by atoms with Gasteiger partial charge in [-0.1, -0.05) is 55.8 Å². The zero-order valence-corrected chi connectivity index (χ0v) is 14.7. The number of nitrogens with one attached hydrogen (secondary N) is 1. The number of aryl methyl sites for hydroxylation is 1. The van der Waals surface area contributed by atoms with Crippen LogP contribution in [0.15, 0.2) is 53.9 Å². The third-order valence-corrected chi connectivity index (χ3v) is 4.46. The van der Waals surface area contributed by atoms with Gasteiger partial charge in [-0.2, -0.15) is 0 Å². The van der Waals surface area contributed by atoms with Crippen molar-refractivity contribution in [2.75, 3.05) is 5.32 Å². The SMILES string of the molecule is Cc1ccc(Nc2nc(-c3ccc(CC(C)C)cc3)cs2)cc1. The molecule has 23 heavy (non-hydrogen) atoms. The molecule has 0 unspecified atom stereocenters. The van der Waals surface area contributed by atoms with Crippen LogP contribution in [-0.2, 0) is 6.42 Å². The molecule has 2 aromatic carbocycles. The monoisotopic (exact) mass is 322 g/mol. The minimum atomic E-state index is 0.686. The van der Waals surface area contributed by atoms with Gasteiger partial charge in [-0.25, -0.2) is 4.98 Å². The zero-order chi connectivity index (χ0) is 16.2. The molecule has 0 bridgehead atoms. The summed E-state index contributed by atoms with van der Waals surface area (Å²) in [6.07, 6.45) is 1.12. The molecule has 2 nitrogen and oxygen atoms in total. The number of rotatable bonds is 5. The van der Waals surface area contributed by atoms with Gasteiger partial charge in [-0.15, -0.1) is 11.3 Å². The highest BCUT2D eigenvalue weighted by atomic mass is 32.1. The van der Waals surface area contributed by atoms with Crippen LogP contribution in [0.5, 0.6) is 0 Å². The summed E-state index contributed by atoms with van der Waals surface area (Å²) in [7, 11) is 0. The van der Waals surface area contributed by atoms with E-state index in [1.807, 2.05) is 0 Å². The Bertz CT molecular complexity index is 755. The average molecular weight is 322 g/mol. The van der Waals surface area contributed by atoms with Crippen LogP contribution >= 0.6 is 11.3 Å². The van der Waals surface area contributed by atoms with Crippen LogP contribution in [0.25, 0.3) is 11.3 Å². The highest BCUT2D eigenvalue weighted by Gasteiger charge is 2.06. The van der Waals surface area contributed by atoms with Crippen LogP contribution in [-0.4, -0.2) is 4.98 Å². The Kier molecular flexibility index (Phi) is 4.77. The van der Waals surface area contributed by atoms with Crippen molar-refractivity contribution in [2.45, 2.75) is 27.2 Å². The summed E-state index contributed by atoms with van der Waals surface area (Å²) in [5, 5.41) is 6.40. The van der Waals surface area contributed by atoms with E-state index in [4.69, 9.17) is 4.98 Å². The van der Waals surface area contributed by atoms with Crippen molar-refractivity contribution in [2.24, 2.45) is 5.92 Å². The van der Waals surface area contributed by atoms with Crippen molar-refractivity contribution in [3.8, 4) is 11.3 Å². The minimum absolute atomic E-state index is 0.686. The van der Waals surface area contributed by atoms with E-state index < -0.39 is 0 Å². The first kappa shape index (κ1) is 15.8. The summed E-state index contributed by atoms with van der Waals surface area (Å²) in [5.74, 6) is 0.686. The molecule has 118 valence electrons. The summed E-state index contributed by atoms with van der Waals surface area (Å²) in [5.41, 5.74) is 5.92. The van der Waals surface area contributed by atoms with E-state index in [2.05, 4.69) is 80.0 Å². The van der Waals surface area contributed by atoms with Crippen molar-refractivity contribution in [3.63, 3.8) is 0 Å². The number of thiazole rings is 1. The molecule has 1 heterocycles. The van der Waals surface area contributed by atoms with Crippen LogP contribution in [0.1, 0.15) is 25.0 Å². The van der Waals surface area contributed by atoms with Crippen LogP contribution in [0.4, 0.5) is 10.8 Å². The molecule has 0 saturated heterocycles. The Balaban J connectivity index is 1.72. The van der Waals surface area contributed by atoms with E-state index in [1.165, 1.54) is 16.7 Å². The van der Waals surface area contributed by atoms with Gasteiger partial charge in [0.2, 0.25) is 0 Å². The molecule has 0 spiro atoms. The Morgan fingerprint density at radius 2 is 1.70 bits per heavy atom. The summed E-state index contributed by atoms with van der Waals surface area (Å²) in [4.78, 5) is 4.70. The first-order valence-electron chi connectivity index (χ1n) is 7.98. The zero-order valence-electron chi connectivity index (χ0n) is 13.8. The molecule has 0 amide bonds. The van der Waals surface area contributed by atoms with Gasteiger partial charge in [-0.3, -0.25) is 0 Å². The molecule has 3 rings (SSSR count). The fourth-order valence-corrected chi connectivity index (χ4v) is 3.25. The Morgan fingerprint density at radius 1 is 1.00 bits per heavy atom. The molecular formula is C20H22N2S. The molecule has 0 aliphatic heterocycles. The fraction of sp³-hybridized carbons (Fsp3) is 0.250. The van der Waals surface area contributed by atoms with Crippen LogP contribution in [0.2, 0.25) is 0 Å². The Hall–Kier alpha value is -2.13. The first-order chi connectivity index (χ1) is 11.1. The standard InChI is InChI=1S/C20H22N2S/c1-14(2)12-16-6-8-17(9-7-16)19-13-23-20(22-19)21-18-10-4-15(3)5-11-18/h4-11,13-14H,12H2,1-3H3,(H,21,22). The van der Waals surface area contributed by atoms with Gasteiger partial charge in [0.25, 0.3) is 0 Å². The Labute approximate surface area is 142 Å². The van der Waals surface area contributed by atoms with E-state index in [-0.39, 0.29) is 0 Å². The minimum Gasteiger partial charge on any atom is -0.332 e. The predicted octanol–water partition coefficient (Wildman–Crippen LogP) is 6.06. The number of benzene rings is 2. The molecule has 1 N–H and O–H groups in total. The van der Waals surface area contributed by atoms with Gasteiger partial charge in [0.15, 0.2) is 5.13 Å². The normalized spacial score (nSPS) is 11.0. The van der Waals surface area contributed by atoms with Gasteiger partial charge in [-0.05, 0) is 37.0 Å². The lowest BCUT2D eigenvalue weighted by Crippen LogP contribution is -1.93. The van der Waals surface area contributed by atoms with E-state index in [0.717, 1.165) is 22.9 Å². The lowest BCUT2D eigenvalue weighted by molar-refractivity contribution is 0.647. The largest absolute Gasteiger partial charge is 0.332 e. The summed E-state index contributed by atoms with van der Waals surface area (Å²) in [6.45, 7) is 6.59. The third-order valence-electron chi connectivity index (χ3n) is 3.70. The highest BCUT2D eigenvalue weighted by molar-refractivity contribution is 7.14. The maximum atomic E-state index is 4.70. The van der Waals surface area contributed by atoms with Gasteiger partial charge in [0.1, 0.15) is 0 Å². The summed E-state index contributed by atoms with van der Waals surface area (Å²) < 4.78 is 0. The number of aromatic nitrogens is 1. The second-order valence-electron chi connectivity index (χ2n) is 6.32. The molecule has 0 saturated carbocycles. The van der Waals surface area contributed by atoms with Crippen LogP contribution < -0.4 is 5.32 Å². The second kappa shape index (κ2) is 6.97. The quantitative estimate of drug-likeness (QED) is 0.617. The molecular weight excluding hydrogens is 300 g/mol. The molecule has 0 atom stereocenters. The highest BCUT2D eigenvalue weighted by Crippen LogP contribution is 2.27. The van der Waals surface area contributed by atoms with Crippen LogP contribution in [0, 0.1) is 12.8 Å². The van der Waals surface area contributed by atoms with Gasteiger partial charge < -0.3 is 5.32 Å². The van der Waals surface area contributed by atoms with Crippen molar-refractivity contribution in [3.05, 3.63) is 65.0 Å². The molecule has 1 aromatic heterocycles. The average Bonchev–Trinajstić information content (AvgIpc) is 2.98. The van der Waals surface area contributed by atoms with E-state index >= 15 is 0 Å². The van der Waals surface area contributed by atoms with E-state index in [0.29, 0.717) is 5.92 Å². The fourth-order valence-electron chi connectivity index (χ4n) is 2.51. The number of anilines is 2.